The summed E-state index contributed by atoms with van der Waals surface area (Å²) in [5.74, 6) is 0.267. The molecular weight excluding hydrogens is 264 g/mol. The molecule has 0 saturated carbocycles. The molecule has 0 heterocycles. The van der Waals surface area contributed by atoms with E-state index in [2.05, 4.69) is 5.32 Å². The van der Waals surface area contributed by atoms with Crippen LogP contribution >= 0.6 is 0 Å². The Morgan fingerprint density at radius 3 is 2.63 bits per heavy atom. The molecule has 0 spiro atoms. The van der Waals surface area contributed by atoms with Gasteiger partial charge in [-0.2, -0.15) is 5.26 Å². The van der Waals surface area contributed by atoms with E-state index in [4.69, 9.17) is 10.00 Å². The predicted molar refractivity (Wildman–Crippen MR) is 73.2 cm³/mol. The van der Waals surface area contributed by atoms with Gasteiger partial charge < -0.3 is 10.1 Å². The number of hydrogen-bond acceptors (Lipinski definition) is 4. The first kappa shape index (κ1) is 15.2. The Balaban J connectivity index is 2.33. The zero-order chi connectivity index (χ0) is 14.3. The smallest absolute Gasteiger partial charge is 0.257 e. The van der Waals surface area contributed by atoms with Gasteiger partial charge in [-0.25, -0.2) is 0 Å². The van der Waals surface area contributed by atoms with Crippen molar-refractivity contribution in [1.29, 1.82) is 5.26 Å². The maximum absolute atomic E-state index is 11.5. The van der Waals surface area contributed by atoms with Crippen molar-refractivity contribution in [1.82, 2.24) is 5.32 Å². The summed E-state index contributed by atoms with van der Waals surface area (Å²) in [6.07, 6.45) is 1.60. The topological polar surface area (TPSA) is 79.2 Å². The molecule has 0 aliphatic carbocycles. The lowest BCUT2D eigenvalue weighted by molar-refractivity contribution is -0.123. The quantitative estimate of drug-likeness (QED) is 0.836. The van der Waals surface area contributed by atoms with Crippen LogP contribution in [0.25, 0.3) is 0 Å². The van der Waals surface area contributed by atoms with Crippen LogP contribution in [0, 0.1) is 11.3 Å². The van der Waals surface area contributed by atoms with Crippen LogP contribution in [0.2, 0.25) is 0 Å². The fourth-order valence-corrected chi connectivity index (χ4v) is 1.52. The third-order valence-corrected chi connectivity index (χ3v) is 3.81. The van der Waals surface area contributed by atoms with E-state index in [1.807, 2.05) is 6.07 Å². The number of nitrogens with zero attached hydrogens (tertiary/aromatic N) is 1. The van der Waals surface area contributed by atoms with E-state index >= 15 is 0 Å². The third-order valence-electron chi connectivity index (χ3n) is 2.51. The molecule has 0 radical (unpaired) electrons. The standard InChI is InChI=1S/C13H16N2O3S/c1-10(19(2)17)8-15-13(16)9-18-12-5-3-11(7-14)4-6-12/h3-6,10H,8-9H2,1-2H3,(H,15,16). The molecule has 6 heteroatoms. The van der Waals surface area contributed by atoms with Gasteiger partial charge in [0.05, 0.1) is 11.6 Å². The van der Waals surface area contributed by atoms with Gasteiger partial charge in [-0.05, 0) is 31.2 Å². The SMILES string of the molecule is CC(CNC(=O)COc1ccc(C#N)cc1)S(C)=O. The Morgan fingerprint density at radius 1 is 1.47 bits per heavy atom. The van der Waals surface area contributed by atoms with Gasteiger partial charge in [0.2, 0.25) is 0 Å². The summed E-state index contributed by atoms with van der Waals surface area (Å²) >= 11 is 0. The molecule has 5 nitrogen and oxygen atoms in total. The van der Waals surface area contributed by atoms with Crippen LogP contribution < -0.4 is 10.1 Å². The molecule has 1 N–H and O–H groups in total. The Morgan fingerprint density at radius 2 is 2.11 bits per heavy atom. The summed E-state index contributed by atoms with van der Waals surface area (Å²) in [5, 5.41) is 11.2. The fourth-order valence-electron chi connectivity index (χ4n) is 1.20. The molecule has 1 aromatic carbocycles. The van der Waals surface area contributed by atoms with Crippen LogP contribution in [0.1, 0.15) is 12.5 Å². The molecular formula is C13H16N2O3S. The van der Waals surface area contributed by atoms with Crippen LogP contribution in [-0.2, 0) is 15.6 Å². The van der Waals surface area contributed by atoms with Gasteiger partial charge in [-0.3, -0.25) is 9.00 Å². The summed E-state index contributed by atoms with van der Waals surface area (Å²) in [6.45, 7) is 2.06. The molecule has 0 saturated heterocycles. The van der Waals surface area contributed by atoms with Gasteiger partial charge in [-0.1, -0.05) is 0 Å². The molecule has 19 heavy (non-hydrogen) atoms. The predicted octanol–water partition coefficient (Wildman–Crippen LogP) is 0.820. The highest BCUT2D eigenvalue weighted by Crippen LogP contribution is 2.11. The van der Waals surface area contributed by atoms with Crippen molar-refractivity contribution in [3.8, 4) is 11.8 Å². The average Bonchev–Trinajstić information content (AvgIpc) is 2.42. The minimum absolute atomic E-state index is 0.0844. The Bertz CT molecular complexity index is 494. The number of nitriles is 1. The van der Waals surface area contributed by atoms with E-state index in [0.29, 0.717) is 17.9 Å². The van der Waals surface area contributed by atoms with Crippen molar-refractivity contribution in [3.05, 3.63) is 29.8 Å². The first-order chi connectivity index (χ1) is 9.02. The number of rotatable bonds is 6. The highest BCUT2D eigenvalue weighted by Gasteiger charge is 2.08. The number of hydrogen-bond donors (Lipinski definition) is 1. The van der Waals surface area contributed by atoms with Gasteiger partial charge in [-0.15, -0.1) is 0 Å². The molecule has 1 aromatic rings. The second-order valence-corrected chi connectivity index (χ2v) is 5.84. The largest absolute Gasteiger partial charge is 0.484 e. The number of benzene rings is 1. The van der Waals surface area contributed by atoms with Crippen molar-refractivity contribution < 1.29 is 13.7 Å². The molecule has 2 atom stereocenters. The number of nitrogens with one attached hydrogen (secondary N) is 1. The van der Waals surface area contributed by atoms with Crippen molar-refractivity contribution >= 4 is 16.7 Å². The van der Waals surface area contributed by atoms with Crippen molar-refractivity contribution in [2.24, 2.45) is 0 Å². The number of amides is 1. The molecule has 0 aromatic heterocycles. The Hall–Kier alpha value is -1.87. The zero-order valence-electron chi connectivity index (χ0n) is 10.9. The summed E-state index contributed by atoms with van der Waals surface area (Å²) in [5.41, 5.74) is 0.538. The van der Waals surface area contributed by atoms with E-state index in [0.717, 1.165) is 0 Å². The van der Waals surface area contributed by atoms with Crippen LogP contribution in [-0.4, -0.2) is 34.8 Å². The van der Waals surface area contributed by atoms with Gasteiger partial charge in [0.25, 0.3) is 5.91 Å². The summed E-state index contributed by atoms with van der Waals surface area (Å²) in [7, 11) is -0.957. The first-order valence-corrected chi connectivity index (χ1v) is 7.37. The van der Waals surface area contributed by atoms with Gasteiger partial charge >= 0.3 is 0 Å². The highest BCUT2D eigenvalue weighted by molar-refractivity contribution is 7.84. The lowest BCUT2D eigenvalue weighted by Crippen LogP contribution is -2.35. The monoisotopic (exact) mass is 280 g/mol. The third kappa shape index (κ3) is 5.53. The second-order valence-electron chi connectivity index (χ2n) is 4.04. The lowest BCUT2D eigenvalue weighted by atomic mass is 10.2. The van der Waals surface area contributed by atoms with Crippen molar-refractivity contribution in [3.63, 3.8) is 0 Å². The molecule has 0 fully saturated rings. The maximum Gasteiger partial charge on any atom is 0.257 e. The van der Waals surface area contributed by atoms with E-state index < -0.39 is 10.8 Å². The average molecular weight is 280 g/mol. The Kier molecular flexibility index (Phi) is 6.03. The van der Waals surface area contributed by atoms with Crippen LogP contribution in [0.4, 0.5) is 0 Å². The van der Waals surface area contributed by atoms with Crippen LogP contribution in [0.5, 0.6) is 5.75 Å². The van der Waals surface area contributed by atoms with Crippen molar-refractivity contribution in [2.45, 2.75) is 12.2 Å². The van der Waals surface area contributed by atoms with Gasteiger partial charge in [0, 0.05) is 28.9 Å². The van der Waals surface area contributed by atoms with Gasteiger partial charge in [0.15, 0.2) is 6.61 Å². The second kappa shape index (κ2) is 7.54. The van der Waals surface area contributed by atoms with Crippen LogP contribution in [0.3, 0.4) is 0 Å². The minimum Gasteiger partial charge on any atom is -0.484 e. The Labute approximate surface area is 115 Å². The van der Waals surface area contributed by atoms with Gasteiger partial charge in [0.1, 0.15) is 5.75 Å². The number of carbonyl (C=O) groups excluding carboxylic acids is 1. The molecule has 0 aliphatic rings. The van der Waals surface area contributed by atoms with E-state index in [1.165, 1.54) is 0 Å². The molecule has 0 bridgehead atoms. The molecule has 102 valence electrons. The fraction of sp³-hybridized carbons (Fsp3) is 0.385. The minimum atomic E-state index is -0.957. The van der Waals surface area contributed by atoms with E-state index in [-0.39, 0.29) is 17.8 Å². The van der Waals surface area contributed by atoms with Crippen molar-refractivity contribution in [2.75, 3.05) is 19.4 Å². The number of ether oxygens (including phenoxy) is 1. The summed E-state index contributed by atoms with van der Waals surface area (Å²) in [4.78, 5) is 11.5. The number of carbonyl (C=O) groups is 1. The maximum atomic E-state index is 11.5. The highest BCUT2D eigenvalue weighted by atomic mass is 32.2. The molecule has 1 rings (SSSR count). The van der Waals surface area contributed by atoms with E-state index in [1.54, 1.807) is 37.4 Å². The van der Waals surface area contributed by atoms with Crippen LogP contribution in [0.15, 0.2) is 24.3 Å². The summed E-state index contributed by atoms with van der Waals surface area (Å²) in [6, 6.07) is 8.51. The lowest BCUT2D eigenvalue weighted by Gasteiger charge is -2.10. The normalized spacial score (nSPS) is 13.1. The molecule has 2 unspecified atom stereocenters. The van der Waals surface area contributed by atoms with E-state index in [9.17, 15) is 9.00 Å². The summed E-state index contributed by atoms with van der Waals surface area (Å²) < 4.78 is 16.4. The zero-order valence-corrected chi connectivity index (χ0v) is 11.7. The first-order valence-electron chi connectivity index (χ1n) is 5.75. The molecule has 1 amide bonds. The molecule has 0 aliphatic heterocycles.